The molecule has 2 aromatic rings. The summed E-state index contributed by atoms with van der Waals surface area (Å²) in [5.41, 5.74) is 5.08. The van der Waals surface area contributed by atoms with E-state index in [9.17, 15) is 0 Å². The molecule has 0 saturated heterocycles. The van der Waals surface area contributed by atoms with Crippen LogP contribution in [0.1, 0.15) is 29.7 Å². The number of rotatable bonds is 3. The summed E-state index contributed by atoms with van der Waals surface area (Å²) in [6, 6.07) is 17.5. The highest BCUT2D eigenvalue weighted by atomic mass is 14.9. The fourth-order valence-corrected chi connectivity index (χ4v) is 1.92. The smallest absolute Gasteiger partial charge is 0.0485 e. The molecular formula is C16H19N. The molecule has 1 N–H and O–H groups in total. The highest BCUT2D eigenvalue weighted by Gasteiger charge is 2.04. The van der Waals surface area contributed by atoms with Crippen LogP contribution in [0.4, 0.5) is 5.69 Å². The third kappa shape index (κ3) is 3.10. The first kappa shape index (κ1) is 11.7. The van der Waals surface area contributed by atoms with Gasteiger partial charge in [0.2, 0.25) is 0 Å². The molecule has 2 rings (SSSR count). The van der Waals surface area contributed by atoms with Crippen molar-refractivity contribution >= 4 is 5.69 Å². The average Bonchev–Trinajstić information content (AvgIpc) is 2.29. The zero-order chi connectivity index (χ0) is 12.3. The van der Waals surface area contributed by atoms with Crippen LogP contribution < -0.4 is 5.32 Å². The summed E-state index contributed by atoms with van der Waals surface area (Å²) in [6.45, 7) is 6.41. The van der Waals surface area contributed by atoms with E-state index >= 15 is 0 Å². The number of aryl methyl sites for hydroxylation is 2. The van der Waals surface area contributed by atoms with E-state index in [4.69, 9.17) is 0 Å². The number of hydrogen-bond acceptors (Lipinski definition) is 1. The molecule has 2 aromatic carbocycles. The molecule has 0 fully saturated rings. The van der Waals surface area contributed by atoms with Crippen LogP contribution in [0.25, 0.3) is 0 Å². The molecule has 1 unspecified atom stereocenters. The maximum absolute atomic E-state index is 3.52. The van der Waals surface area contributed by atoms with E-state index in [1.165, 1.54) is 22.4 Å². The van der Waals surface area contributed by atoms with E-state index < -0.39 is 0 Å². The van der Waals surface area contributed by atoms with Crippen molar-refractivity contribution in [1.82, 2.24) is 0 Å². The Bertz CT molecular complexity index is 485. The molecule has 0 aromatic heterocycles. The van der Waals surface area contributed by atoms with Crippen molar-refractivity contribution in [3.63, 3.8) is 0 Å². The molecule has 0 saturated carbocycles. The van der Waals surface area contributed by atoms with Gasteiger partial charge in [-0.2, -0.15) is 0 Å². The van der Waals surface area contributed by atoms with Gasteiger partial charge >= 0.3 is 0 Å². The molecule has 0 bridgehead atoms. The fraction of sp³-hybridized carbons (Fsp3) is 0.250. The van der Waals surface area contributed by atoms with Crippen LogP contribution in [0.5, 0.6) is 0 Å². The van der Waals surface area contributed by atoms with Crippen LogP contribution in [0, 0.1) is 13.8 Å². The van der Waals surface area contributed by atoms with E-state index in [0.717, 1.165) is 0 Å². The molecule has 0 aliphatic rings. The topological polar surface area (TPSA) is 12.0 Å². The first-order valence-corrected chi connectivity index (χ1v) is 6.05. The molecule has 17 heavy (non-hydrogen) atoms. The van der Waals surface area contributed by atoms with Crippen LogP contribution in [0.3, 0.4) is 0 Å². The van der Waals surface area contributed by atoms with E-state index in [0.29, 0.717) is 6.04 Å². The normalized spacial score (nSPS) is 12.2. The lowest BCUT2D eigenvalue weighted by molar-refractivity contribution is 0.884. The van der Waals surface area contributed by atoms with Gasteiger partial charge in [0, 0.05) is 11.7 Å². The van der Waals surface area contributed by atoms with Gasteiger partial charge in [0.1, 0.15) is 0 Å². The summed E-state index contributed by atoms with van der Waals surface area (Å²) in [4.78, 5) is 0. The SMILES string of the molecule is Cc1ccc(C(C)Nc2cccc(C)c2)cc1. The lowest BCUT2D eigenvalue weighted by Crippen LogP contribution is -2.06. The molecule has 0 radical (unpaired) electrons. The van der Waals surface area contributed by atoms with Crippen molar-refractivity contribution in [3.8, 4) is 0 Å². The first-order valence-electron chi connectivity index (χ1n) is 6.05. The number of anilines is 1. The zero-order valence-electron chi connectivity index (χ0n) is 10.7. The molecule has 1 atom stereocenters. The summed E-state index contributed by atoms with van der Waals surface area (Å²) in [5, 5.41) is 3.52. The zero-order valence-corrected chi connectivity index (χ0v) is 10.7. The van der Waals surface area contributed by atoms with Crippen molar-refractivity contribution in [2.24, 2.45) is 0 Å². The maximum Gasteiger partial charge on any atom is 0.0485 e. The Balaban J connectivity index is 2.11. The predicted molar refractivity (Wildman–Crippen MR) is 74.4 cm³/mol. The predicted octanol–water partition coefficient (Wildman–Crippen LogP) is 4.48. The second-order valence-electron chi connectivity index (χ2n) is 4.65. The highest BCUT2D eigenvalue weighted by Crippen LogP contribution is 2.20. The van der Waals surface area contributed by atoms with Crippen LogP contribution in [0.2, 0.25) is 0 Å². The Morgan fingerprint density at radius 1 is 0.882 bits per heavy atom. The quantitative estimate of drug-likeness (QED) is 0.812. The third-order valence-corrected chi connectivity index (χ3v) is 2.98. The van der Waals surface area contributed by atoms with Crippen LogP contribution >= 0.6 is 0 Å². The van der Waals surface area contributed by atoms with E-state index in [2.05, 4.69) is 74.6 Å². The van der Waals surface area contributed by atoms with Crippen LogP contribution in [0.15, 0.2) is 48.5 Å². The minimum Gasteiger partial charge on any atom is -0.379 e. The summed E-state index contributed by atoms with van der Waals surface area (Å²) in [6.07, 6.45) is 0. The van der Waals surface area contributed by atoms with Crippen molar-refractivity contribution in [2.45, 2.75) is 26.8 Å². The molecule has 88 valence electrons. The molecule has 1 nitrogen and oxygen atoms in total. The Labute approximate surface area is 103 Å². The first-order chi connectivity index (χ1) is 8.15. The largest absolute Gasteiger partial charge is 0.379 e. The second-order valence-corrected chi connectivity index (χ2v) is 4.65. The summed E-state index contributed by atoms with van der Waals surface area (Å²) in [7, 11) is 0. The van der Waals surface area contributed by atoms with Crippen molar-refractivity contribution in [1.29, 1.82) is 0 Å². The van der Waals surface area contributed by atoms with Gasteiger partial charge in [-0.3, -0.25) is 0 Å². The average molecular weight is 225 g/mol. The minimum absolute atomic E-state index is 0.331. The number of benzene rings is 2. The number of hydrogen-bond donors (Lipinski definition) is 1. The van der Waals surface area contributed by atoms with Gasteiger partial charge in [-0.05, 0) is 44.0 Å². The van der Waals surface area contributed by atoms with E-state index in [-0.39, 0.29) is 0 Å². The van der Waals surface area contributed by atoms with Crippen molar-refractivity contribution in [3.05, 3.63) is 65.2 Å². The molecule has 0 heterocycles. The van der Waals surface area contributed by atoms with Crippen LogP contribution in [-0.4, -0.2) is 0 Å². The highest BCUT2D eigenvalue weighted by molar-refractivity contribution is 5.47. The molecule has 0 aliphatic heterocycles. The maximum atomic E-state index is 3.52. The van der Waals surface area contributed by atoms with Gasteiger partial charge in [-0.1, -0.05) is 42.0 Å². The van der Waals surface area contributed by atoms with Gasteiger partial charge in [0.25, 0.3) is 0 Å². The van der Waals surface area contributed by atoms with E-state index in [1.807, 2.05) is 0 Å². The molecule has 1 heteroatoms. The van der Waals surface area contributed by atoms with Gasteiger partial charge in [-0.15, -0.1) is 0 Å². The summed E-state index contributed by atoms with van der Waals surface area (Å²) in [5.74, 6) is 0. The van der Waals surface area contributed by atoms with Crippen molar-refractivity contribution in [2.75, 3.05) is 5.32 Å². The van der Waals surface area contributed by atoms with Gasteiger partial charge < -0.3 is 5.32 Å². The van der Waals surface area contributed by atoms with Gasteiger partial charge in [-0.25, -0.2) is 0 Å². The Kier molecular flexibility index (Phi) is 3.48. The molecule has 0 amide bonds. The monoisotopic (exact) mass is 225 g/mol. The second kappa shape index (κ2) is 5.05. The Morgan fingerprint density at radius 2 is 1.59 bits per heavy atom. The standard InChI is InChI=1S/C16H19N/c1-12-7-9-15(10-8-12)14(3)17-16-6-4-5-13(2)11-16/h4-11,14,17H,1-3H3. The Morgan fingerprint density at radius 3 is 2.24 bits per heavy atom. The summed E-state index contributed by atoms with van der Waals surface area (Å²) < 4.78 is 0. The van der Waals surface area contributed by atoms with Crippen molar-refractivity contribution < 1.29 is 0 Å². The molecule has 0 aliphatic carbocycles. The van der Waals surface area contributed by atoms with Gasteiger partial charge in [0.15, 0.2) is 0 Å². The van der Waals surface area contributed by atoms with E-state index in [1.54, 1.807) is 0 Å². The van der Waals surface area contributed by atoms with Gasteiger partial charge in [0.05, 0.1) is 0 Å². The lowest BCUT2D eigenvalue weighted by atomic mass is 10.1. The molecule has 0 spiro atoms. The number of nitrogens with one attached hydrogen (secondary N) is 1. The van der Waals surface area contributed by atoms with Crippen LogP contribution in [-0.2, 0) is 0 Å². The Hall–Kier alpha value is -1.76. The third-order valence-electron chi connectivity index (χ3n) is 2.98. The summed E-state index contributed by atoms with van der Waals surface area (Å²) >= 11 is 0. The minimum atomic E-state index is 0.331. The fourth-order valence-electron chi connectivity index (χ4n) is 1.92. The molecular weight excluding hydrogens is 206 g/mol. The lowest BCUT2D eigenvalue weighted by Gasteiger charge is -2.16.